The molecule has 0 aliphatic rings. The fourth-order valence-electron chi connectivity index (χ4n) is 2.64. The van der Waals surface area contributed by atoms with Gasteiger partial charge in [-0.1, -0.05) is 36.4 Å². The van der Waals surface area contributed by atoms with Gasteiger partial charge in [0.15, 0.2) is 5.82 Å². The number of aromatic nitrogens is 3. The second kappa shape index (κ2) is 8.75. The minimum absolute atomic E-state index is 0.113. The van der Waals surface area contributed by atoms with Crippen LogP contribution in [0.15, 0.2) is 60.8 Å². The molecule has 3 rings (SSSR count). The normalized spacial score (nSPS) is 10.3. The van der Waals surface area contributed by atoms with E-state index in [-0.39, 0.29) is 5.91 Å². The predicted molar refractivity (Wildman–Crippen MR) is 107 cm³/mol. The second-order valence-electron chi connectivity index (χ2n) is 6.03. The van der Waals surface area contributed by atoms with Crippen molar-refractivity contribution in [2.45, 2.75) is 20.4 Å². The maximum atomic E-state index is 11.2. The minimum Gasteiger partial charge on any atom is -0.339 e. The maximum Gasteiger partial charge on any atom is 0.247 e. The van der Waals surface area contributed by atoms with Gasteiger partial charge in [0.2, 0.25) is 11.9 Å². The summed E-state index contributed by atoms with van der Waals surface area (Å²) >= 11 is 0. The summed E-state index contributed by atoms with van der Waals surface area (Å²) in [6.07, 6.45) is 1.57. The lowest BCUT2D eigenvalue weighted by Crippen LogP contribution is -2.24. The van der Waals surface area contributed by atoms with Gasteiger partial charge in [-0.05, 0) is 30.7 Å². The van der Waals surface area contributed by atoms with Gasteiger partial charge in [-0.3, -0.25) is 4.79 Å². The Hall–Kier alpha value is -3.48. The van der Waals surface area contributed by atoms with E-state index in [9.17, 15) is 4.79 Å². The largest absolute Gasteiger partial charge is 0.339 e. The molecule has 138 valence electrons. The molecule has 0 unspecified atom stereocenters. The third-order valence-corrected chi connectivity index (χ3v) is 3.88. The van der Waals surface area contributed by atoms with E-state index in [2.05, 4.69) is 49.8 Å². The van der Waals surface area contributed by atoms with Crippen LogP contribution in [0, 0.1) is 0 Å². The Morgan fingerprint density at radius 1 is 1.07 bits per heavy atom. The molecule has 1 amide bonds. The Kier molecular flexibility index (Phi) is 5.94. The molecule has 0 spiro atoms. The molecule has 1 aromatic heterocycles. The van der Waals surface area contributed by atoms with Crippen molar-refractivity contribution in [3.05, 3.63) is 66.4 Å². The van der Waals surface area contributed by atoms with Gasteiger partial charge in [-0.2, -0.15) is 10.1 Å². The summed E-state index contributed by atoms with van der Waals surface area (Å²) in [6, 6.07) is 17.6. The Balaban J connectivity index is 1.75. The van der Waals surface area contributed by atoms with Gasteiger partial charge in [-0.25, -0.2) is 0 Å². The number of carbonyl (C=O) groups is 1. The third kappa shape index (κ3) is 5.24. The van der Waals surface area contributed by atoms with Crippen molar-refractivity contribution in [2.75, 3.05) is 22.1 Å². The highest BCUT2D eigenvalue weighted by Crippen LogP contribution is 2.20. The lowest BCUT2D eigenvalue weighted by Gasteiger charge is -2.20. The van der Waals surface area contributed by atoms with Gasteiger partial charge in [0.05, 0.1) is 6.20 Å². The van der Waals surface area contributed by atoms with Crippen molar-refractivity contribution < 1.29 is 4.79 Å². The summed E-state index contributed by atoms with van der Waals surface area (Å²) in [4.78, 5) is 17.9. The number of hydrogen-bond acceptors (Lipinski definition) is 6. The van der Waals surface area contributed by atoms with Gasteiger partial charge in [0.25, 0.3) is 0 Å². The highest BCUT2D eigenvalue weighted by molar-refractivity contribution is 5.89. The molecule has 0 saturated carbocycles. The average Bonchev–Trinajstić information content (AvgIpc) is 2.67. The monoisotopic (exact) mass is 362 g/mol. The molecule has 0 saturated heterocycles. The Labute approximate surface area is 158 Å². The topological polar surface area (TPSA) is 83.0 Å². The van der Waals surface area contributed by atoms with Crippen molar-refractivity contribution in [3.8, 4) is 0 Å². The Morgan fingerprint density at radius 2 is 1.85 bits per heavy atom. The molecule has 0 atom stereocenters. The van der Waals surface area contributed by atoms with Gasteiger partial charge in [0, 0.05) is 31.4 Å². The zero-order valence-electron chi connectivity index (χ0n) is 15.4. The smallest absolute Gasteiger partial charge is 0.247 e. The first-order chi connectivity index (χ1) is 13.1. The molecule has 0 radical (unpaired) electrons. The van der Waals surface area contributed by atoms with Crippen molar-refractivity contribution in [3.63, 3.8) is 0 Å². The van der Waals surface area contributed by atoms with Crippen molar-refractivity contribution >= 4 is 29.0 Å². The van der Waals surface area contributed by atoms with Crippen LogP contribution in [-0.4, -0.2) is 27.6 Å². The number of carbonyl (C=O) groups excluding carboxylic acids is 1. The molecular weight excluding hydrogens is 340 g/mol. The maximum absolute atomic E-state index is 11.2. The molecule has 7 nitrogen and oxygen atoms in total. The summed E-state index contributed by atoms with van der Waals surface area (Å²) in [5, 5.41) is 14.2. The van der Waals surface area contributed by atoms with Crippen molar-refractivity contribution in [2.24, 2.45) is 0 Å². The van der Waals surface area contributed by atoms with Crippen LogP contribution in [-0.2, 0) is 11.3 Å². The van der Waals surface area contributed by atoms with Crippen LogP contribution in [0.4, 0.5) is 23.1 Å². The summed E-state index contributed by atoms with van der Waals surface area (Å²) < 4.78 is 0. The van der Waals surface area contributed by atoms with E-state index in [1.165, 1.54) is 12.5 Å². The van der Waals surface area contributed by atoms with E-state index < -0.39 is 0 Å². The van der Waals surface area contributed by atoms with Crippen LogP contribution < -0.4 is 15.5 Å². The third-order valence-electron chi connectivity index (χ3n) is 3.88. The zero-order chi connectivity index (χ0) is 19.1. The molecule has 3 aromatic rings. The summed E-state index contributed by atoms with van der Waals surface area (Å²) in [5.41, 5.74) is 2.71. The Morgan fingerprint density at radius 3 is 2.59 bits per heavy atom. The number of amides is 1. The van der Waals surface area contributed by atoms with E-state index in [0.29, 0.717) is 24.0 Å². The van der Waals surface area contributed by atoms with Gasteiger partial charge in [-0.15, -0.1) is 5.10 Å². The van der Waals surface area contributed by atoms with E-state index in [4.69, 9.17) is 0 Å². The highest BCUT2D eigenvalue weighted by Gasteiger charge is 2.10. The molecule has 0 fully saturated rings. The summed E-state index contributed by atoms with van der Waals surface area (Å²) in [6.45, 7) is 5.01. The molecular formula is C20H22N6O. The van der Waals surface area contributed by atoms with E-state index in [0.717, 1.165) is 12.2 Å². The van der Waals surface area contributed by atoms with Crippen LogP contribution in [0.25, 0.3) is 0 Å². The molecule has 1 heterocycles. The molecule has 0 aliphatic carbocycles. The number of rotatable bonds is 7. The van der Waals surface area contributed by atoms with Crippen LogP contribution in [0.1, 0.15) is 19.4 Å². The number of benzene rings is 2. The fraction of sp³-hybridized carbons (Fsp3) is 0.200. The SMILES string of the molecule is CCN(Cc1ccccc1)c1nncc(Nc2cccc(NC(C)=O)c2)n1. The van der Waals surface area contributed by atoms with E-state index >= 15 is 0 Å². The summed E-state index contributed by atoms with van der Waals surface area (Å²) in [7, 11) is 0. The van der Waals surface area contributed by atoms with Gasteiger partial charge in [0.1, 0.15) is 0 Å². The van der Waals surface area contributed by atoms with Crippen molar-refractivity contribution in [1.82, 2.24) is 15.2 Å². The molecule has 0 bridgehead atoms. The first-order valence-electron chi connectivity index (χ1n) is 8.77. The lowest BCUT2D eigenvalue weighted by atomic mass is 10.2. The van der Waals surface area contributed by atoms with Crippen LogP contribution in [0.3, 0.4) is 0 Å². The quantitative estimate of drug-likeness (QED) is 0.668. The van der Waals surface area contributed by atoms with Gasteiger partial charge >= 0.3 is 0 Å². The molecule has 27 heavy (non-hydrogen) atoms. The average molecular weight is 362 g/mol. The van der Waals surface area contributed by atoms with Crippen LogP contribution >= 0.6 is 0 Å². The standard InChI is InChI=1S/C20H22N6O/c1-3-26(14-16-8-5-4-6-9-16)20-24-19(13-21-25-20)23-18-11-7-10-17(12-18)22-15(2)27/h4-13H,3,14H2,1-2H3,(H,22,27)(H,23,24,25). The molecule has 2 N–H and O–H groups in total. The van der Waals surface area contributed by atoms with Gasteiger partial charge < -0.3 is 15.5 Å². The van der Waals surface area contributed by atoms with Crippen molar-refractivity contribution in [1.29, 1.82) is 0 Å². The Bertz CT molecular complexity index is 900. The second-order valence-corrected chi connectivity index (χ2v) is 6.03. The molecule has 0 aliphatic heterocycles. The summed E-state index contributed by atoms with van der Waals surface area (Å²) in [5.74, 6) is 1.04. The number of nitrogens with zero attached hydrogens (tertiary/aromatic N) is 4. The number of nitrogens with one attached hydrogen (secondary N) is 2. The van der Waals surface area contributed by atoms with Crippen LogP contribution in [0.2, 0.25) is 0 Å². The zero-order valence-corrected chi connectivity index (χ0v) is 15.4. The predicted octanol–water partition coefficient (Wildman–Crippen LogP) is 3.60. The minimum atomic E-state index is -0.113. The lowest BCUT2D eigenvalue weighted by molar-refractivity contribution is -0.114. The van der Waals surface area contributed by atoms with E-state index in [1.807, 2.05) is 42.5 Å². The molecule has 7 heteroatoms. The first kappa shape index (κ1) is 18.3. The van der Waals surface area contributed by atoms with E-state index in [1.54, 1.807) is 6.20 Å². The first-order valence-corrected chi connectivity index (χ1v) is 8.77. The highest BCUT2D eigenvalue weighted by atomic mass is 16.1. The van der Waals surface area contributed by atoms with Crippen LogP contribution in [0.5, 0.6) is 0 Å². The fourth-order valence-corrected chi connectivity index (χ4v) is 2.64. The number of hydrogen-bond donors (Lipinski definition) is 2. The molecule has 2 aromatic carbocycles. The number of anilines is 4.